The van der Waals surface area contributed by atoms with Gasteiger partial charge in [0.1, 0.15) is 5.82 Å². The maximum atomic E-state index is 10.4. The van der Waals surface area contributed by atoms with Gasteiger partial charge < -0.3 is 5.11 Å². The molecule has 1 atom stereocenters. The number of nitrogens with one attached hydrogen (secondary N) is 1. The number of carboxylic acid groups (broad SMARTS) is 1. The molecule has 2 N–H and O–H groups in total. The summed E-state index contributed by atoms with van der Waals surface area (Å²) >= 11 is 1.92. The molecule has 88 valence electrons. The van der Waals surface area contributed by atoms with Crippen molar-refractivity contribution in [2.45, 2.75) is 31.6 Å². The molecular weight excluding hydrogens is 226 g/mol. The van der Waals surface area contributed by atoms with Gasteiger partial charge in [-0.1, -0.05) is 6.92 Å². The predicted octanol–water partition coefficient (Wildman–Crippen LogP) is 1.22. The van der Waals surface area contributed by atoms with Crippen LogP contribution < -0.4 is 0 Å². The Kier molecular flexibility index (Phi) is 3.18. The van der Waals surface area contributed by atoms with Crippen LogP contribution in [0.4, 0.5) is 0 Å². The molecule has 1 unspecified atom stereocenters. The van der Waals surface area contributed by atoms with Crippen molar-refractivity contribution in [1.82, 2.24) is 15.2 Å². The third kappa shape index (κ3) is 2.37. The Labute approximate surface area is 98.0 Å². The summed E-state index contributed by atoms with van der Waals surface area (Å²) in [5.41, 5.74) is 0.0582. The highest BCUT2D eigenvalue weighted by atomic mass is 32.2. The molecule has 1 aromatic rings. The Morgan fingerprint density at radius 1 is 1.69 bits per heavy atom. The number of rotatable bonds is 4. The molecular formula is C10H15N3O2S. The lowest BCUT2D eigenvalue weighted by molar-refractivity contribution is -0.137. The van der Waals surface area contributed by atoms with Gasteiger partial charge in [0.05, 0.1) is 6.42 Å². The van der Waals surface area contributed by atoms with Crippen molar-refractivity contribution >= 4 is 17.7 Å². The first-order chi connectivity index (χ1) is 7.60. The summed E-state index contributed by atoms with van der Waals surface area (Å²) in [7, 11) is 0. The minimum Gasteiger partial charge on any atom is -0.481 e. The standard InChI is InChI=1S/C10H15N3O2S/c1-10(4-5-16-6-10)9-11-7(12-13-9)2-3-8(14)15/h2-6H2,1H3,(H,14,15)(H,11,12,13). The molecule has 0 aliphatic carbocycles. The van der Waals surface area contributed by atoms with Crippen LogP contribution in [0.15, 0.2) is 0 Å². The van der Waals surface area contributed by atoms with Crippen molar-refractivity contribution in [2.75, 3.05) is 11.5 Å². The summed E-state index contributed by atoms with van der Waals surface area (Å²) in [4.78, 5) is 14.8. The number of thioether (sulfide) groups is 1. The van der Waals surface area contributed by atoms with E-state index in [1.54, 1.807) is 0 Å². The summed E-state index contributed by atoms with van der Waals surface area (Å²) in [6, 6.07) is 0. The van der Waals surface area contributed by atoms with E-state index < -0.39 is 5.97 Å². The number of hydrogen-bond donors (Lipinski definition) is 2. The van der Waals surface area contributed by atoms with Crippen LogP contribution in [-0.2, 0) is 16.6 Å². The number of hydrogen-bond acceptors (Lipinski definition) is 4. The van der Waals surface area contributed by atoms with Gasteiger partial charge in [0, 0.05) is 17.6 Å². The molecule has 16 heavy (non-hydrogen) atoms. The van der Waals surface area contributed by atoms with Crippen molar-refractivity contribution in [1.29, 1.82) is 0 Å². The highest BCUT2D eigenvalue weighted by Crippen LogP contribution is 2.36. The Bertz CT molecular complexity index is 385. The van der Waals surface area contributed by atoms with E-state index in [4.69, 9.17) is 5.11 Å². The molecule has 0 amide bonds. The topological polar surface area (TPSA) is 78.9 Å². The molecule has 0 aromatic carbocycles. The lowest BCUT2D eigenvalue weighted by atomic mass is 9.89. The van der Waals surface area contributed by atoms with Crippen molar-refractivity contribution in [2.24, 2.45) is 0 Å². The quantitative estimate of drug-likeness (QED) is 0.828. The van der Waals surface area contributed by atoms with E-state index in [1.165, 1.54) is 0 Å². The van der Waals surface area contributed by atoms with Crippen molar-refractivity contribution < 1.29 is 9.90 Å². The summed E-state index contributed by atoms with van der Waals surface area (Å²) < 4.78 is 0. The van der Waals surface area contributed by atoms with Gasteiger partial charge in [0.2, 0.25) is 0 Å². The number of aliphatic carboxylic acids is 1. The molecule has 1 aliphatic rings. The first kappa shape index (κ1) is 11.4. The normalized spacial score (nSPS) is 24.8. The number of aromatic amines is 1. The minimum absolute atomic E-state index is 0.0582. The van der Waals surface area contributed by atoms with E-state index in [-0.39, 0.29) is 11.8 Å². The van der Waals surface area contributed by atoms with Crippen LogP contribution in [0.2, 0.25) is 0 Å². The van der Waals surface area contributed by atoms with Gasteiger partial charge in [-0.2, -0.15) is 16.9 Å². The van der Waals surface area contributed by atoms with Crippen LogP contribution in [0.1, 0.15) is 31.4 Å². The van der Waals surface area contributed by atoms with Crippen molar-refractivity contribution in [3.8, 4) is 0 Å². The number of H-pyrrole nitrogens is 1. The number of aryl methyl sites for hydroxylation is 1. The third-order valence-electron chi connectivity index (χ3n) is 2.87. The van der Waals surface area contributed by atoms with E-state index in [0.29, 0.717) is 12.2 Å². The second-order valence-electron chi connectivity index (χ2n) is 4.36. The highest BCUT2D eigenvalue weighted by Gasteiger charge is 2.34. The minimum atomic E-state index is -0.805. The molecule has 0 saturated carbocycles. The molecule has 1 aliphatic heterocycles. The molecule has 0 spiro atoms. The third-order valence-corrected chi connectivity index (χ3v) is 4.20. The molecule has 0 radical (unpaired) electrons. The summed E-state index contributed by atoms with van der Waals surface area (Å²) in [6.45, 7) is 2.16. The molecule has 2 heterocycles. The SMILES string of the molecule is CC1(c2n[nH]c(CCC(=O)O)n2)CCSC1. The number of carbonyl (C=O) groups is 1. The Morgan fingerprint density at radius 2 is 2.50 bits per heavy atom. The molecule has 1 aromatic heterocycles. The Hall–Kier alpha value is -1.04. The maximum Gasteiger partial charge on any atom is 0.303 e. The smallest absolute Gasteiger partial charge is 0.303 e. The molecule has 2 rings (SSSR count). The number of carboxylic acids is 1. The average molecular weight is 241 g/mol. The fraction of sp³-hybridized carbons (Fsp3) is 0.700. The highest BCUT2D eigenvalue weighted by molar-refractivity contribution is 7.99. The van der Waals surface area contributed by atoms with Crippen LogP contribution in [0.25, 0.3) is 0 Å². The zero-order valence-electron chi connectivity index (χ0n) is 9.19. The summed E-state index contributed by atoms with van der Waals surface area (Å²) in [5, 5.41) is 15.6. The fourth-order valence-electron chi connectivity index (χ4n) is 1.75. The van der Waals surface area contributed by atoms with Crippen molar-refractivity contribution in [3.63, 3.8) is 0 Å². The maximum absolute atomic E-state index is 10.4. The first-order valence-electron chi connectivity index (χ1n) is 5.31. The van der Waals surface area contributed by atoms with Gasteiger partial charge in [-0.25, -0.2) is 4.98 Å². The van der Waals surface area contributed by atoms with E-state index in [1.807, 2.05) is 11.8 Å². The zero-order valence-corrected chi connectivity index (χ0v) is 10.0. The van der Waals surface area contributed by atoms with Gasteiger partial charge in [0.15, 0.2) is 5.82 Å². The summed E-state index contributed by atoms with van der Waals surface area (Å²) in [6.07, 6.45) is 1.61. The lowest BCUT2D eigenvalue weighted by Crippen LogP contribution is -2.22. The molecule has 6 heteroatoms. The number of aromatic nitrogens is 3. The van der Waals surface area contributed by atoms with Crippen LogP contribution in [-0.4, -0.2) is 37.8 Å². The fourth-order valence-corrected chi connectivity index (χ4v) is 3.21. The lowest BCUT2D eigenvalue weighted by Gasteiger charge is -2.17. The van der Waals surface area contributed by atoms with Crippen molar-refractivity contribution in [3.05, 3.63) is 11.6 Å². The molecule has 1 fully saturated rings. The van der Waals surface area contributed by atoms with Gasteiger partial charge in [-0.15, -0.1) is 0 Å². The largest absolute Gasteiger partial charge is 0.481 e. The van der Waals surface area contributed by atoms with E-state index in [0.717, 1.165) is 23.8 Å². The van der Waals surface area contributed by atoms with Crippen LogP contribution in [0.3, 0.4) is 0 Å². The van der Waals surface area contributed by atoms with Crippen LogP contribution in [0, 0.1) is 0 Å². The van der Waals surface area contributed by atoms with Gasteiger partial charge in [-0.05, 0) is 12.2 Å². The second-order valence-corrected chi connectivity index (χ2v) is 5.47. The Morgan fingerprint density at radius 3 is 3.12 bits per heavy atom. The number of nitrogens with zero attached hydrogens (tertiary/aromatic N) is 2. The molecule has 1 saturated heterocycles. The van der Waals surface area contributed by atoms with E-state index >= 15 is 0 Å². The van der Waals surface area contributed by atoms with Gasteiger partial charge in [-0.3, -0.25) is 9.89 Å². The predicted molar refractivity (Wildman–Crippen MR) is 61.6 cm³/mol. The van der Waals surface area contributed by atoms with E-state index in [2.05, 4.69) is 22.1 Å². The average Bonchev–Trinajstić information content (AvgIpc) is 2.84. The molecule has 0 bridgehead atoms. The Balaban J connectivity index is 2.04. The second kappa shape index (κ2) is 4.45. The van der Waals surface area contributed by atoms with Crippen LogP contribution in [0.5, 0.6) is 0 Å². The molecule has 5 nitrogen and oxygen atoms in total. The van der Waals surface area contributed by atoms with Gasteiger partial charge >= 0.3 is 5.97 Å². The first-order valence-corrected chi connectivity index (χ1v) is 6.47. The zero-order chi connectivity index (χ0) is 11.6. The summed E-state index contributed by atoms with van der Waals surface area (Å²) in [5.74, 6) is 2.90. The van der Waals surface area contributed by atoms with Gasteiger partial charge in [0.25, 0.3) is 0 Å². The van der Waals surface area contributed by atoms with E-state index in [9.17, 15) is 4.79 Å². The monoisotopic (exact) mass is 241 g/mol. The van der Waals surface area contributed by atoms with Crippen LogP contribution >= 0.6 is 11.8 Å².